The van der Waals surface area contributed by atoms with Crippen molar-refractivity contribution in [1.82, 2.24) is 9.97 Å². The third-order valence-corrected chi connectivity index (χ3v) is 3.24. The Hall–Kier alpha value is -2.14. The molecule has 0 atom stereocenters. The van der Waals surface area contributed by atoms with Gasteiger partial charge in [0.2, 0.25) is 5.88 Å². The molecule has 2 N–H and O–H groups in total. The van der Waals surface area contributed by atoms with Crippen LogP contribution < -0.4 is 15.4 Å². The van der Waals surface area contributed by atoms with Gasteiger partial charge in [-0.05, 0) is 18.1 Å². The quantitative estimate of drug-likeness (QED) is 0.871. The van der Waals surface area contributed by atoms with E-state index >= 15 is 0 Å². The molecular formula is C15H20N4O. The van der Waals surface area contributed by atoms with Crippen molar-refractivity contribution in [2.24, 2.45) is 5.73 Å². The fourth-order valence-corrected chi connectivity index (χ4v) is 2.09. The Balaban J connectivity index is 2.24. The molecule has 2 rings (SSSR count). The van der Waals surface area contributed by atoms with Crippen LogP contribution in [0.2, 0.25) is 0 Å². The van der Waals surface area contributed by atoms with Crippen molar-refractivity contribution in [2.75, 3.05) is 18.6 Å². The Labute approximate surface area is 119 Å². The Kier molecular flexibility index (Phi) is 4.90. The summed E-state index contributed by atoms with van der Waals surface area (Å²) in [4.78, 5) is 10.5. The van der Waals surface area contributed by atoms with Crippen LogP contribution in [-0.2, 0) is 13.1 Å². The summed E-state index contributed by atoms with van der Waals surface area (Å²) in [6.45, 7) is 4.25. The number of nitrogens with two attached hydrogens (primary N) is 1. The first kappa shape index (κ1) is 14.3. The number of methoxy groups -OCH3 is 1. The van der Waals surface area contributed by atoms with Crippen molar-refractivity contribution in [3.8, 4) is 5.88 Å². The van der Waals surface area contributed by atoms with Crippen LogP contribution in [0.4, 0.5) is 5.82 Å². The van der Waals surface area contributed by atoms with E-state index in [1.165, 1.54) is 11.9 Å². The zero-order valence-electron chi connectivity index (χ0n) is 11.9. The molecule has 0 amide bonds. The van der Waals surface area contributed by atoms with Crippen molar-refractivity contribution in [3.63, 3.8) is 0 Å². The van der Waals surface area contributed by atoms with Gasteiger partial charge in [0, 0.05) is 25.7 Å². The third kappa shape index (κ3) is 3.24. The minimum Gasteiger partial charge on any atom is -0.481 e. The van der Waals surface area contributed by atoms with Gasteiger partial charge in [-0.2, -0.15) is 0 Å². The van der Waals surface area contributed by atoms with Crippen molar-refractivity contribution in [3.05, 3.63) is 47.8 Å². The molecule has 0 spiro atoms. The van der Waals surface area contributed by atoms with Gasteiger partial charge in [-0.15, -0.1) is 0 Å². The summed E-state index contributed by atoms with van der Waals surface area (Å²) in [7, 11) is 1.60. The van der Waals surface area contributed by atoms with Crippen LogP contribution in [0.3, 0.4) is 0 Å². The zero-order valence-corrected chi connectivity index (χ0v) is 11.9. The minimum absolute atomic E-state index is 0.542. The van der Waals surface area contributed by atoms with Crippen LogP contribution >= 0.6 is 0 Å². The standard InChI is InChI=1S/C15H20N4O/c1-3-19(14-8-15(20-2)18-11-17-14)10-13-7-5-4-6-12(13)9-16/h4-8,11H,3,9-10,16H2,1-2H3. The first-order valence-corrected chi connectivity index (χ1v) is 6.66. The van der Waals surface area contributed by atoms with Gasteiger partial charge in [-0.1, -0.05) is 24.3 Å². The predicted octanol–water partition coefficient (Wildman–Crippen LogP) is 1.97. The second-order valence-electron chi connectivity index (χ2n) is 4.41. The highest BCUT2D eigenvalue weighted by Gasteiger charge is 2.10. The highest BCUT2D eigenvalue weighted by Crippen LogP contribution is 2.19. The topological polar surface area (TPSA) is 64.3 Å². The Morgan fingerprint density at radius 3 is 2.60 bits per heavy atom. The largest absolute Gasteiger partial charge is 0.481 e. The van der Waals surface area contributed by atoms with Crippen LogP contribution in [-0.4, -0.2) is 23.6 Å². The molecule has 0 saturated carbocycles. The van der Waals surface area contributed by atoms with E-state index in [4.69, 9.17) is 10.5 Å². The smallest absolute Gasteiger partial charge is 0.218 e. The average molecular weight is 272 g/mol. The number of ether oxygens (including phenoxy) is 1. The number of hydrogen-bond donors (Lipinski definition) is 1. The van der Waals surface area contributed by atoms with Crippen LogP contribution in [0.25, 0.3) is 0 Å². The number of anilines is 1. The summed E-state index contributed by atoms with van der Waals surface area (Å²) in [5.74, 6) is 1.42. The lowest BCUT2D eigenvalue weighted by Crippen LogP contribution is -2.24. The first-order chi connectivity index (χ1) is 9.78. The average Bonchev–Trinajstić information content (AvgIpc) is 2.53. The Morgan fingerprint density at radius 2 is 1.95 bits per heavy atom. The zero-order chi connectivity index (χ0) is 14.4. The molecular weight excluding hydrogens is 252 g/mol. The molecule has 20 heavy (non-hydrogen) atoms. The van der Waals surface area contributed by atoms with Crippen molar-refractivity contribution in [2.45, 2.75) is 20.0 Å². The molecule has 0 aliphatic heterocycles. The van der Waals surface area contributed by atoms with E-state index in [1.54, 1.807) is 7.11 Å². The van der Waals surface area contributed by atoms with Gasteiger partial charge < -0.3 is 15.4 Å². The fraction of sp³-hybridized carbons (Fsp3) is 0.333. The van der Waals surface area contributed by atoms with Crippen molar-refractivity contribution < 1.29 is 4.74 Å². The van der Waals surface area contributed by atoms with Crippen LogP contribution in [0, 0.1) is 0 Å². The molecule has 1 aromatic heterocycles. The van der Waals surface area contributed by atoms with E-state index in [-0.39, 0.29) is 0 Å². The molecule has 0 bridgehead atoms. The molecule has 106 valence electrons. The van der Waals surface area contributed by atoms with Gasteiger partial charge >= 0.3 is 0 Å². The summed E-state index contributed by atoms with van der Waals surface area (Å²) in [6.07, 6.45) is 1.52. The minimum atomic E-state index is 0.542. The molecule has 1 heterocycles. The molecule has 5 nitrogen and oxygen atoms in total. The van der Waals surface area contributed by atoms with E-state index in [0.717, 1.165) is 24.5 Å². The first-order valence-electron chi connectivity index (χ1n) is 6.66. The molecule has 0 unspecified atom stereocenters. The van der Waals surface area contributed by atoms with E-state index in [0.29, 0.717) is 12.4 Å². The maximum atomic E-state index is 5.79. The second-order valence-corrected chi connectivity index (χ2v) is 4.41. The van der Waals surface area contributed by atoms with E-state index in [2.05, 4.69) is 33.9 Å². The molecule has 5 heteroatoms. The number of aromatic nitrogens is 2. The van der Waals surface area contributed by atoms with Gasteiger partial charge in [-0.25, -0.2) is 9.97 Å². The maximum Gasteiger partial charge on any atom is 0.218 e. The Morgan fingerprint density at radius 1 is 1.20 bits per heavy atom. The Bertz CT molecular complexity index is 559. The van der Waals surface area contributed by atoms with Gasteiger partial charge in [0.25, 0.3) is 0 Å². The molecule has 0 saturated heterocycles. The van der Waals surface area contributed by atoms with Gasteiger partial charge in [0.1, 0.15) is 12.1 Å². The predicted molar refractivity (Wildman–Crippen MR) is 79.6 cm³/mol. The summed E-state index contributed by atoms with van der Waals surface area (Å²) >= 11 is 0. The van der Waals surface area contributed by atoms with Gasteiger partial charge in [0.15, 0.2) is 0 Å². The summed E-state index contributed by atoms with van der Waals surface area (Å²) in [6, 6.07) is 10.0. The van der Waals surface area contributed by atoms with Crippen molar-refractivity contribution in [1.29, 1.82) is 0 Å². The van der Waals surface area contributed by atoms with Crippen LogP contribution in [0.5, 0.6) is 5.88 Å². The third-order valence-electron chi connectivity index (χ3n) is 3.24. The van der Waals surface area contributed by atoms with Crippen LogP contribution in [0.1, 0.15) is 18.1 Å². The maximum absolute atomic E-state index is 5.79. The summed E-state index contributed by atoms with van der Waals surface area (Å²) in [5.41, 5.74) is 8.16. The monoisotopic (exact) mass is 272 g/mol. The van der Waals surface area contributed by atoms with Crippen LogP contribution in [0.15, 0.2) is 36.7 Å². The number of benzene rings is 1. The second kappa shape index (κ2) is 6.86. The number of nitrogens with zero attached hydrogens (tertiary/aromatic N) is 3. The summed E-state index contributed by atoms with van der Waals surface area (Å²) in [5, 5.41) is 0. The van der Waals surface area contributed by atoms with Crippen molar-refractivity contribution >= 4 is 5.82 Å². The molecule has 1 aromatic carbocycles. The van der Waals surface area contributed by atoms with Gasteiger partial charge in [-0.3, -0.25) is 0 Å². The molecule has 0 aliphatic carbocycles. The lowest BCUT2D eigenvalue weighted by molar-refractivity contribution is 0.396. The SMILES string of the molecule is CCN(Cc1ccccc1CN)c1cc(OC)ncn1. The number of hydrogen-bond acceptors (Lipinski definition) is 5. The molecule has 0 aliphatic rings. The van der Waals surface area contributed by atoms with E-state index < -0.39 is 0 Å². The number of rotatable bonds is 6. The van der Waals surface area contributed by atoms with Gasteiger partial charge in [0.05, 0.1) is 7.11 Å². The highest BCUT2D eigenvalue weighted by atomic mass is 16.5. The molecule has 0 fully saturated rings. The van der Waals surface area contributed by atoms with E-state index in [9.17, 15) is 0 Å². The fourth-order valence-electron chi connectivity index (χ4n) is 2.09. The highest BCUT2D eigenvalue weighted by molar-refractivity contribution is 5.42. The van der Waals surface area contributed by atoms with E-state index in [1.807, 2.05) is 18.2 Å². The molecule has 2 aromatic rings. The molecule has 0 radical (unpaired) electrons. The summed E-state index contributed by atoms with van der Waals surface area (Å²) < 4.78 is 5.15. The lowest BCUT2D eigenvalue weighted by atomic mass is 10.1. The lowest BCUT2D eigenvalue weighted by Gasteiger charge is -2.23. The normalized spacial score (nSPS) is 10.3.